The zero-order chi connectivity index (χ0) is 19.3. The normalized spacial score (nSPS) is 13.3. The molecule has 134 valence electrons. The van der Waals surface area contributed by atoms with Gasteiger partial charge in [-0.25, -0.2) is 0 Å². The number of halogens is 6. The second-order valence-corrected chi connectivity index (χ2v) is 5.95. The van der Waals surface area contributed by atoms with Crippen LogP contribution in [0.15, 0.2) is 56.9 Å². The number of alkyl halides is 3. The summed E-state index contributed by atoms with van der Waals surface area (Å²) in [7, 11) is 0. The number of nitrogens with zero attached hydrogens (tertiary/aromatic N) is 5. The molecular weight excluding hydrogens is 414 g/mol. The Morgan fingerprint density at radius 2 is 1.46 bits per heavy atom. The van der Waals surface area contributed by atoms with E-state index in [1.165, 1.54) is 12.1 Å². The molecule has 11 heteroatoms. The minimum absolute atomic E-state index is 0.0997. The first-order chi connectivity index (χ1) is 12.2. The summed E-state index contributed by atoms with van der Waals surface area (Å²) in [6.45, 7) is 0. The zero-order valence-corrected chi connectivity index (χ0v) is 14.8. The Bertz CT molecular complexity index is 866. The molecular formula is C15H7Cl3F3N5. The maximum atomic E-state index is 12.5. The molecule has 0 bridgehead atoms. The lowest BCUT2D eigenvalue weighted by Gasteiger charge is -2.05. The predicted molar refractivity (Wildman–Crippen MR) is 91.3 cm³/mol. The topological polar surface area (TPSA) is 73.2 Å². The molecule has 5 nitrogen and oxygen atoms in total. The highest BCUT2D eigenvalue weighted by molar-refractivity contribution is 6.41. The molecule has 1 atom stereocenters. The van der Waals surface area contributed by atoms with Crippen molar-refractivity contribution in [1.82, 2.24) is 0 Å². The van der Waals surface area contributed by atoms with Gasteiger partial charge in [-0.1, -0.05) is 34.8 Å². The molecule has 0 amide bonds. The van der Waals surface area contributed by atoms with Crippen molar-refractivity contribution in [2.24, 2.45) is 20.5 Å². The second kappa shape index (κ2) is 8.45. The average molecular weight is 421 g/mol. The molecule has 0 N–H and O–H groups in total. The summed E-state index contributed by atoms with van der Waals surface area (Å²) in [6, 6.07) is 8.45. The first-order valence-corrected chi connectivity index (χ1v) is 7.87. The largest absolute Gasteiger partial charge is 0.416 e. The molecule has 0 aliphatic carbocycles. The fraction of sp³-hybridized carbons (Fsp3) is 0.133. The molecule has 0 aromatic heterocycles. The number of rotatable bonds is 4. The minimum Gasteiger partial charge on any atom is -0.194 e. The van der Waals surface area contributed by atoms with E-state index in [-0.39, 0.29) is 21.4 Å². The van der Waals surface area contributed by atoms with Gasteiger partial charge in [0.05, 0.1) is 21.3 Å². The third-order valence-electron chi connectivity index (χ3n) is 2.84. The van der Waals surface area contributed by atoms with Crippen LogP contribution < -0.4 is 0 Å². The van der Waals surface area contributed by atoms with Gasteiger partial charge in [-0.3, -0.25) is 0 Å². The highest BCUT2D eigenvalue weighted by atomic mass is 35.5. The van der Waals surface area contributed by atoms with Gasteiger partial charge in [-0.05, 0) is 36.4 Å². The lowest BCUT2D eigenvalue weighted by molar-refractivity contribution is -0.137. The van der Waals surface area contributed by atoms with Gasteiger partial charge in [0.1, 0.15) is 11.8 Å². The van der Waals surface area contributed by atoms with Crippen molar-refractivity contribution in [1.29, 1.82) is 5.26 Å². The van der Waals surface area contributed by atoms with E-state index in [0.29, 0.717) is 5.02 Å². The monoisotopic (exact) mass is 419 g/mol. The summed E-state index contributed by atoms with van der Waals surface area (Å²) in [5.41, 5.74) is -0.598. The molecule has 1 unspecified atom stereocenters. The molecule has 0 heterocycles. The third-order valence-corrected chi connectivity index (χ3v) is 3.64. The molecule has 2 aromatic rings. The molecule has 0 radical (unpaired) electrons. The Morgan fingerprint density at radius 1 is 0.923 bits per heavy atom. The summed E-state index contributed by atoms with van der Waals surface area (Å²) >= 11 is 17.6. The van der Waals surface area contributed by atoms with Crippen molar-refractivity contribution in [3.63, 3.8) is 0 Å². The van der Waals surface area contributed by atoms with Gasteiger partial charge >= 0.3 is 6.18 Å². The van der Waals surface area contributed by atoms with E-state index in [1.54, 1.807) is 6.07 Å². The first kappa shape index (κ1) is 20.1. The van der Waals surface area contributed by atoms with E-state index in [9.17, 15) is 13.2 Å². The van der Waals surface area contributed by atoms with Gasteiger partial charge in [0, 0.05) is 5.02 Å². The van der Waals surface area contributed by atoms with Crippen LogP contribution in [0.4, 0.5) is 24.5 Å². The maximum absolute atomic E-state index is 12.5. The fourth-order valence-corrected chi connectivity index (χ4v) is 2.55. The Labute approximate surface area is 160 Å². The summed E-state index contributed by atoms with van der Waals surface area (Å²) in [5, 5.41) is 24.3. The number of benzene rings is 2. The Kier molecular flexibility index (Phi) is 6.53. The lowest BCUT2D eigenvalue weighted by Crippen LogP contribution is -2.03. The minimum atomic E-state index is -4.45. The van der Waals surface area contributed by atoms with Gasteiger partial charge in [0.15, 0.2) is 0 Å². The average Bonchev–Trinajstić information content (AvgIpc) is 2.56. The maximum Gasteiger partial charge on any atom is 0.416 e. The van der Waals surface area contributed by atoms with Gasteiger partial charge in [0.2, 0.25) is 0 Å². The quantitative estimate of drug-likeness (QED) is 0.475. The van der Waals surface area contributed by atoms with Crippen molar-refractivity contribution in [2.45, 2.75) is 12.3 Å². The van der Waals surface area contributed by atoms with Crippen LogP contribution in [0, 0.1) is 11.3 Å². The number of hydrogen-bond acceptors (Lipinski definition) is 5. The summed E-state index contributed by atoms with van der Waals surface area (Å²) in [4.78, 5) is 0. The molecule has 0 spiro atoms. The van der Waals surface area contributed by atoms with Gasteiger partial charge < -0.3 is 0 Å². The van der Waals surface area contributed by atoms with E-state index in [4.69, 9.17) is 40.1 Å². The molecule has 0 saturated heterocycles. The van der Waals surface area contributed by atoms with Crippen LogP contribution in [-0.4, -0.2) is 6.17 Å². The van der Waals surface area contributed by atoms with Crippen LogP contribution in [-0.2, 0) is 6.18 Å². The summed E-state index contributed by atoms with van der Waals surface area (Å²) in [6.07, 6.45) is -5.78. The SMILES string of the molecule is N#CC(N=Nc1ccc(C(F)(F)F)cc1)N=Nc1c(Cl)cc(Cl)cc1Cl. The van der Waals surface area contributed by atoms with Crippen LogP contribution in [0.2, 0.25) is 15.1 Å². The Balaban J connectivity index is 2.15. The predicted octanol–water partition coefficient (Wildman–Crippen LogP) is 7.38. The van der Waals surface area contributed by atoms with E-state index >= 15 is 0 Å². The van der Waals surface area contributed by atoms with Crippen molar-refractivity contribution in [2.75, 3.05) is 0 Å². The van der Waals surface area contributed by atoms with Crippen molar-refractivity contribution in [3.8, 4) is 6.07 Å². The Hall–Kier alpha value is -2.21. The van der Waals surface area contributed by atoms with Crippen LogP contribution >= 0.6 is 34.8 Å². The van der Waals surface area contributed by atoms with E-state index < -0.39 is 17.9 Å². The van der Waals surface area contributed by atoms with E-state index in [2.05, 4.69) is 20.5 Å². The smallest absolute Gasteiger partial charge is 0.194 e. The molecule has 0 aliphatic rings. The first-order valence-electron chi connectivity index (χ1n) is 6.74. The third kappa shape index (κ3) is 5.39. The summed E-state index contributed by atoms with van der Waals surface area (Å²) in [5.74, 6) is 0. The second-order valence-electron chi connectivity index (χ2n) is 4.70. The summed E-state index contributed by atoms with van der Waals surface area (Å²) < 4.78 is 37.5. The van der Waals surface area contributed by atoms with Gasteiger partial charge in [0.25, 0.3) is 6.17 Å². The van der Waals surface area contributed by atoms with Crippen molar-refractivity contribution in [3.05, 3.63) is 57.0 Å². The fourth-order valence-electron chi connectivity index (χ4n) is 1.66. The number of nitriles is 1. The van der Waals surface area contributed by atoms with Crippen LogP contribution in [0.25, 0.3) is 0 Å². The van der Waals surface area contributed by atoms with E-state index in [0.717, 1.165) is 24.3 Å². The number of hydrogen-bond donors (Lipinski definition) is 0. The van der Waals surface area contributed by atoms with Crippen LogP contribution in [0.1, 0.15) is 5.56 Å². The lowest BCUT2D eigenvalue weighted by atomic mass is 10.2. The van der Waals surface area contributed by atoms with Crippen molar-refractivity contribution < 1.29 is 13.2 Å². The number of azo groups is 2. The van der Waals surface area contributed by atoms with Crippen LogP contribution in [0.3, 0.4) is 0 Å². The van der Waals surface area contributed by atoms with Gasteiger partial charge in [-0.2, -0.15) is 23.5 Å². The highest BCUT2D eigenvalue weighted by Gasteiger charge is 2.29. The molecule has 0 fully saturated rings. The van der Waals surface area contributed by atoms with E-state index in [1.807, 2.05) is 0 Å². The molecule has 26 heavy (non-hydrogen) atoms. The zero-order valence-electron chi connectivity index (χ0n) is 12.5. The Morgan fingerprint density at radius 3 is 1.96 bits per heavy atom. The molecule has 2 rings (SSSR count). The molecule has 2 aromatic carbocycles. The highest BCUT2D eigenvalue weighted by Crippen LogP contribution is 2.36. The van der Waals surface area contributed by atoms with Crippen molar-refractivity contribution >= 4 is 46.2 Å². The van der Waals surface area contributed by atoms with Crippen LogP contribution in [0.5, 0.6) is 0 Å². The standard InChI is InChI=1S/C15H7Cl3F3N5/c16-9-5-11(17)14(12(18)6-9)26-25-13(7-22)24-23-10-3-1-8(2-4-10)15(19,20)21/h1-6,13H. The van der Waals surface area contributed by atoms with Gasteiger partial charge in [-0.15, -0.1) is 15.3 Å². The molecule has 0 saturated carbocycles. The molecule has 0 aliphatic heterocycles.